The number of hydrogen-bond acceptors (Lipinski definition) is 3. The SMILES string of the molecule is O=C(O)C1CN(C(=O)CC2CCc3ccccc3C2)CCO1. The van der Waals surface area contributed by atoms with Gasteiger partial charge in [-0.1, -0.05) is 24.3 Å². The molecule has 0 saturated carbocycles. The van der Waals surface area contributed by atoms with E-state index in [0.29, 0.717) is 25.5 Å². The number of nitrogens with zero attached hydrogens (tertiary/aromatic N) is 1. The second kappa shape index (κ2) is 6.48. The third kappa shape index (κ3) is 3.30. The number of carboxylic acid groups (broad SMARTS) is 1. The lowest BCUT2D eigenvalue weighted by atomic mass is 9.82. The Morgan fingerprint density at radius 2 is 2.05 bits per heavy atom. The number of hydrogen-bond donors (Lipinski definition) is 1. The van der Waals surface area contributed by atoms with E-state index in [-0.39, 0.29) is 12.5 Å². The molecule has 1 aliphatic heterocycles. The van der Waals surface area contributed by atoms with Gasteiger partial charge in [-0.3, -0.25) is 4.79 Å². The van der Waals surface area contributed by atoms with Gasteiger partial charge in [0.1, 0.15) is 0 Å². The first-order valence-electron chi connectivity index (χ1n) is 7.82. The molecule has 1 N–H and O–H groups in total. The maximum Gasteiger partial charge on any atom is 0.334 e. The summed E-state index contributed by atoms with van der Waals surface area (Å²) in [6, 6.07) is 8.40. The molecule has 5 nitrogen and oxygen atoms in total. The number of benzene rings is 1. The molecule has 3 rings (SSSR count). The van der Waals surface area contributed by atoms with Crippen molar-refractivity contribution < 1.29 is 19.4 Å². The van der Waals surface area contributed by atoms with Crippen LogP contribution < -0.4 is 0 Å². The first kappa shape index (κ1) is 15.0. The van der Waals surface area contributed by atoms with Crippen molar-refractivity contribution in [3.63, 3.8) is 0 Å². The van der Waals surface area contributed by atoms with Crippen molar-refractivity contribution in [3.05, 3.63) is 35.4 Å². The van der Waals surface area contributed by atoms with Gasteiger partial charge in [0.15, 0.2) is 6.10 Å². The topological polar surface area (TPSA) is 66.8 Å². The van der Waals surface area contributed by atoms with Crippen molar-refractivity contribution in [1.82, 2.24) is 4.90 Å². The molecule has 2 unspecified atom stereocenters. The van der Waals surface area contributed by atoms with Gasteiger partial charge in [0.25, 0.3) is 0 Å². The van der Waals surface area contributed by atoms with E-state index in [1.807, 2.05) is 6.07 Å². The van der Waals surface area contributed by atoms with Crippen LogP contribution in [0, 0.1) is 5.92 Å². The monoisotopic (exact) mass is 303 g/mol. The number of morpholine rings is 1. The Balaban J connectivity index is 1.57. The Kier molecular flexibility index (Phi) is 4.43. The number of amides is 1. The fraction of sp³-hybridized carbons (Fsp3) is 0.529. The second-order valence-corrected chi connectivity index (χ2v) is 6.12. The zero-order valence-electron chi connectivity index (χ0n) is 12.5. The average Bonchev–Trinajstić information content (AvgIpc) is 2.55. The van der Waals surface area contributed by atoms with Crippen LogP contribution in [0.5, 0.6) is 0 Å². The second-order valence-electron chi connectivity index (χ2n) is 6.12. The molecular weight excluding hydrogens is 282 g/mol. The molecule has 1 aromatic carbocycles. The predicted octanol–water partition coefficient (Wildman–Crippen LogP) is 1.49. The minimum absolute atomic E-state index is 0.0546. The molecule has 1 saturated heterocycles. The fourth-order valence-electron chi connectivity index (χ4n) is 3.35. The largest absolute Gasteiger partial charge is 0.479 e. The molecule has 1 aromatic rings. The normalized spacial score (nSPS) is 24.6. The third-order valence-corrected chi connectivity index (χ3v) is 4.61. The van der Waals surface area contributed by atoms with E-state index in [4.69, 9.17) is 9.84 Å². The van der Waals surface area contributed by atoms with Gasteiger partial charge in [0.05, 0.1) is 13.2 Å². The summed E-state index contributed by atoms with van der Waals surface area (Å²) in [5, 5.41) is 9.01. The van der Waals surface area contributed by atoms with Crippen molar-refractivity contribution in [1.29, 1.82) is 0 Å². The number of aliphatic carboxylic acids is 1. The van der Waals surface area contributed by atoms with Crippen LogP contribution in [0.25, 0.3) is 0 Å². The summed E-state index contributed by atoms with van der Waals surface area (Å²) in [5.41, 5.74) is 2.74. The number of carbonyl (C=O) groups is 2. The summed E-state index contributed by atoms with van der Waals surface area (Å²) in [6.45, 7) is 0.958. The van der Waals surface area contributed by atoms with Gasteiger partial charge < -0.3 is 14.7 Å². The zero-order chi connectivity index (χ0) is 15.5. The summed E-state index contributed by atoms with van der Waals surface area (Å²) >= 11 is 0. The van der Waals surface area contributed by atoms with Crippen molar-refractivity contribution in [2.45, 2.75) is 31.8 Å². The highest BCUT2D eigenvalue weighted by atomic mass is 16.5. The van der Waals surface area contributed by atoms with E-state index in [2.05, 4.69) is 18.2 Å². The van der Waals surface area contributed by atoms with Gasteiger partial charge in [0, 0.05) is 13.0 Å². The Morgan fingerprint density at radius 3 is 2.82 bits per heavy atom. The molecule has 1 aliphatic carbocycles. The number of ether oxygens (including phenoxy) is 1. The first-order valence-corrected chi connectivity index (χ1v) is 7.82. The van der Waals surface area contributed by atoms with Crippen LogP contribution in [0.3, 0.4) is 0 Å². The van der Waals surface area contributed by atoms with E-state index in [9.17, 15) is 9.59 Å². The van der Waals surface area contributed by atoms with Gasteiger partial charge in [-0.25, -0.2) is 4.79 Å². The Bertz CT molecular complexity index is 572. The summed E-state index contributed by atoms with van der Waals surface area (Å²) in [7, 11) is 0. The Labute approximate surface area is 129 Å². The van der Waals surface area contributed by atoms with Gasteiger partial charge in [0.2, 0.25) is 5.91 Å². The van der Waals surface area contributed by atoms with Gasteiger partial charge in [-0.05, 0) is 36.3 Å². The van der Waals surface area contributed by atoms with Gasteiger partial charge >= 0.3 is 5.97 Å². The Hall–Kier alpha value is -1.88. The molecule has 0 aromatic heterocycles. The van der Waals surface area contributed by atoms with Crippen LogP contribution in [-0.2, 0) is 27.2 Å². The van der Waals surface area contributed by atoms with Crippen molar-refractivity contribution in [2.24, 2.45) is 5.92 Å². The van der Waals surface area contributed by atoms with Gasteiger partial charge in [-0.2, -0.15) is 0 Å². The maximum absolute atomic E-state index is 12.4. The molecule has 2 atom stereocenters. The molecule has 0 bridgehead atoms. The van der Waals surface area contributed by atoms with Crippen LogP contribution in [0.15, 0.2) is 24.3 Å². The van der Waals surface area contributed by atoms with Gasteiger partial charge in [-0.15, -0.1) is 0 Å². The highest BCUT2D eigenvalue weighted by Gasteiger charge is 2.30. The minimum Gasteiger partial charge on any atom is -0.479 e. The molecule has 22 heavy (non-hydrogen) atoms. The molecule has 2 aliphatic rings. The van der Waals surface area contributed by atoms with Crippen molar-refractivity contribution >= 4 is 11.9 Å². The fourth-order valence-corrected chi connectivity index (χ4v) is 3.35. The molecule has 0 spiro atoms. The minimum atomic E-state index is -0.996. The molecular formula is C17H21NO4. The maximum atomic E-state index is 12.4. The third-order valence-electron chi connectivity index (χ3n) is 4.61. The number of carboxylic acids is 1. The quantitative estimate of drug-likeness (QED) is 0.919. The highest BCUT2D eigenvalue weighted by molar-refractivity contribution is 5.79. The number of carbonyl (C=O) groups excluding carboxylic acids is 1. The lowest BCUT2D eigenvalue weighted by molar-refractivity contribution is -0.159. The molecule has 1 heterocycles. The van der Waals surface area contributed by atoms with E-state index >= 15 is 0 Å². The number of fused-ring (bicyclic) bond motifs is 1. The van der Waals surface area contributed by atoms with Crippen LogP contribution in [0.4, 0.5) is 0 Å². The summed E-state index contributed by atoms with van der Waals surface area (Å²) in [4.78, 5) is 25.1. The zero-order valence-corrected chi connectivity index (χ0v) is 12.5. The van der Waals surface area contributed by atoms with E-state index in [1.165, 1.54) is 11.1 Å². The lowest BCUT2D eigenvalue weighted by Gasteiger charge is -2.32. The molecule has 5 heteroatoms. The highest BCUT2D eigenvalue weighted by Crippen LogP contribution is 2.28. The standard InChI is InChI=1S/C17H21NO4/c19-16(18-7-8-22-15(11-18)17(20)21)10-12-5-6-13-3-1-2-4-14(13)9-12/h1-4,12,15H,5-11H2,(H,20,21). The smallest absolute Gasteiger partial charge is 0.334 e. The van der Waals surface area contributed by atoms with Crippen LogP contribution in [0.1, 0.15) is 24.0 Å². The van der Waals surface area contributed by atoms with E-state index in [0.717, 1.165) is 19.3 Å². The molecule has 1 fully saturated rings. The lowest BCUT2D eigenvalue weighted by Crippen LogP contribution is -2.49. The number of aryl methyl sites for hydroxylation is 1. The molecule has 118 valence electrons. The van der Waals surface area contributed by atoms with Crippen LogP contribution in [0.2, 0.25) is 0 Å². The summed E-state index contributed by atoms with van der Waals surface area (Å²) in [6.07, 6.45) is 2.60. The van der Waals surface area contributed by atoms with E-state index in [1.54, 1.807) is 4.90 Å². The molecule has 0 radical (unpaired) electrons. The molecule has 1 amide bonds. The summed E-state index contributed by atoms with van der Waals surface area (Å²) in [5.74, 6) is -0.587. The summed E-state index contributed by atoms with van der Waals surface area (Å²) < 4.78 is 5.16. The van der Waals surface area contributed by atoms with Crippen LogP contribution in [-0.4, -0.2) is 47.7 Å². The van der Waals surface area contributed by atoms with Crippen molar-refractivity contribution in [2.75, 3.05) is 19.7 Å². The van der Waals surface area contributed by atoms with E-state index < -0.39 is 12.1 Å². The predicted molar refractivity (Wildman–Crippen MR) is 80.5 cm³/mol. The Morgan fingerprint density at radius 1 is 1.27 bits per heavy atom. The average molecular weight is 303 g/mol. The van der Waals surface area contributed by atoms with Crippen molar-refractivity contribution in [3.8, 4) is 0 Å². The first-order chi connectivity index (χ1) is 10.6. The number of rotatable bonds is 3. The van der Waals surface area contributed by atoms with Crippen LogP contribution >= 0.6 is 0 Å².